The van der Waals surface area contributed by atoms with Crippen molar-refractivity contribution in [1.29, 1.82) is 0 Å². The van der Waals surface area contributed by atoms with Gasteiger partial charge >= 0.3 is 0 Å². The van der Waals surface area contributed by atoms with Crippen LogP contribution >= 0.6 is 0 Å². The van der Waals surface area contributed by atoms with Gasteiger partial charge in [-0.15, -0.1) is 0 Å². The third-order valence-electron chi connectivity index (χ3n) is 4.20. The Balaban J connectivity index is 1.48. The molecule has 0 radical (unpaired) electrons. The fraction of sp³-hybridized carbons (Fsp3) is 0.579. The highest BCUT2D eigenvalue weighted by Gasteiger charge is 2.25. The lowest BCUT2D eigenvalue weighted by Gasteiger charge is -2.24. The van der Waals surface area contributed by atoms with E-state index in [1.807, 2.05) is 6.92 Å². The Morgan fingerprint density at radius 3 is 2.74 bits per heavy atom. The van der Waals surface area contributed by atoms with E-state index in [0.717, 1.165) is 44.3 Å². The summed E-state index contributed by atoms with van der Waals surface area (Å²) in [6, 6.07) is 6.50. The highest BCUT2D eigenvalue weighted by Crippen LogP contribution is 2.32. The van der Waals surface area contributed by atoms with E-state index in [0.29, 0.717) is 0 Å². The fourth-order valence-electron chi connectivity index (χ4n) is 2.96. The summed E-state index contributed by atoms with van der Waals surface area (Å²) in [6.45, 7) is 2.72. The number of rotatable bonds is 3. The van der Waals surface area contributed by atoms with E-state index >= 15 is 0 Å². The maximum absolute atomic E-state index is 13.0. The van der Waals surface area contributed by atoms with E-state index in [1.165, 1.54) is 12.1 Å². The lowest BCUT2D eigenvalue weighted by Crippen LogP contribution is -2.26. The molecule has 3 rings (SSSR count). The third kappa shape index (κ3) is 4.78. The minimum atomic E-state index is -0.223. The smallest absolute Gasteiger partial charge is 0.159 e. The van der Waals surface area contributed by atoms with Gasteiger partial charge in [0.05, 0.1) is 6.10 Å². The van der Waals surface area contributed by atoms with E-state index in [2.05, 4.69) is 11.8 Å². The summed E-state index contributed by atoms with van der Waals surface area (Å²) in [5.74, 6) is 6.05. The molecule has 0 spiro atoms. The molecule has 2 aliphatic rings. The molecule has 0 aromatic heterocycles. The predicted octanol–water partition coefficient (Wildman–Crippen LogP) is 3.98. The van der Waals surface area contributed by atoms with Crippen LogP contribution in [0.3, 0.4) is 0 Å². The minimum absolute atomic E-state index is 0.00722. The molecule has 1 aromatic rings. The van der Waals surface area contributed by atoms with Crippen molar-refractivity contribution in [3.8, 4) is 11.8 Å². The molecule has 3 nitrogen and oxygen atoms in total. The molecule has 2 aliphatic heterocycles. The van der Waals surface area contributed by atoms with Crippen LogP contribution in [0.5, 0.6) is 0 Å². The first kappa shape index (κ1) is 16.4. The van der Waals surface area contributed by atoms with Crippen LogP contribution in [0.15, 0.2) is 24.3 Å². The van der Waals surface area contributed by atoms with Gasteiger partial charge in [-0.2, -0.15) is 0 Å². The van der Waals surface area contributed by atoms with E-state index < -0.39 is 0 Å². The summed E-state index contributed by atoms with van der Waals surface area (Å²) in [6.07, 6.45) is 4.65. The summed E-state index contributed by atoms with van der Waals surface area (Å²) in [5.41, 5.74) is 1.01. The number of hydrogen-bond acceptors (Lipinski definition) is 3. The Morgan fingerprint density at radius 1 is 1.17 bits per heavy atom. The minimum Gasteiger partial charge on any atom is -0.358 e. The summed E-state index contributed by atoms with van der Waals surface area (Å²) in [7, 11) is 0. The molecule has 2 heterocycles. The number of halogens is 1. The van der Waals surface area contributed by atoms with Crippen molar-refractivity contribution in [3.05, 3.63) is 35.6 Å². The molecule has 23 heavy (non-hydrogen) atoms. The lowest BCUT2D eigenvalue weighted by molar-refractivity contribution is -0.173. The molecule has 1 aromatic carbocycles. The van der Waals surface area contributed by atoms with Gasteiger partial charge in [-0.05, 0) is 56.7 Å². The van der Waals surface area contributed by atoms with Crippen molar-refractivity contribution in [2.75, 3.05) is 6.61 Å². The number of ether oxygens (including phenoxy) is 3. The van der Waals surface area contributed by atoms with Gasteiger partial charge in [-0.1, -0.05) is 24.0 Å². The Labute approximate surface area is 137 Å². The highest BCUT2D eigenvalue weighted by atomic mass is 19.1. The summed E-state index contributed by atoms with van der Waals surface area (Å²) >= 11 is 0. The quantitative estimate of drug-likeness (QED) is 0.789. The van der Waals surface area contributed by atoms with Crippen LogP contribution in [0.4, 0.5) is 4.39 Å². The van der Waals surface area contributed by atoms with E-state index in [4.69, 9.17) is 14.2 Å². The largest absolute Gasteiger partial charge is 0.358 e. The van der Waals surface area contributed by atoms with Gasteiger partial charge in [-0.25, -0.2) is 4.39 Å². The molecule has 0 saturated carbocycles. The summed E-state index contributed by atoms with van der Waals surface area (Å²) in [5, 5.41) is 0. The first-order chi connectivity index (χ1) is 11.2. The van der Waals surface area contributed by atoms with Crippen molar-refractivity contribution in [2.45, 2.75) is 63.6 Å². The van der Waals surface area contributed by atoms with Gasteiger partial charge in [0.15, 0.2) is 6.29 Å². The van der Waals surface area contributed by atoms with Crippen molar-refractivity contribution >= 4 is 0 Å². The monoisotopic (exact) mass is 318 g/mol. The van der Waals surface area contributed by atoms with Crippen molar-refractivity contribution in [2.24, 2.45) is 0 Å². The Morgan fingerprint density at radius 2 is 2.00 bits per heavy atom. The zero-order valence-corrected chi connectivity index (χ0v) is 13.5. The molecule has 0 amide bonds. The van der Waals surface area contributed by atoms with Gasteiger partial charge in [0.2, 0.25) is 0 Å². The van der Waals surface area contributed by atoms with Crippen molar-refractivity contribution < 1.29 is 18.6 Å². The lowest BCUT2D eigenvalue weighted by atomic mass is 10.1. The van der Waals surface area contributed by atoms with Crippen LogP contribution in [0.2, 0.25) is 0 Å². The highest BCUT2D eigenvalue weighted by molar-refractivity contribution is 5.21. The molecule has 2 saturated heterocycles. The van der Waals surface area contributed by atoms with Gasteiger partial charge in [0.25, 0.3) is 0 Å². The Hall–Kier alpha value is -1.41. The standard InChI is InChI=1S/C19H23FO3/c1-14(22-19-4-2-3-13-21-19)5-10-17-11-12-18(23-17)15-6-8-16(20)9-7-15/h6-9,14,17-19H,2-4,11-13H2,1H3/t14?,17-,18+,19?/m0/s1. The first-order valence-corrected chi connectivity index (χ1v) is 8.40. The molecule has 0 N–H and O–H groups in total. The first-order valence-electron chi connectivity index (χ1n) is 8.40. The maximum Gasteiger partial charge on any atom is 0.159 e. The molecular formula is C19H23FO3. The molecule has 0 aliphatic carbocycles. The second kappa shape index (κ2) is 7.92. The molecule has 2 fully saturated rings. The summed E-state index contributed by atoms with van der Waals surface area (Å²) in [4.78, 5) is 0. The molecule has 4 atom stereocenters. The van der Waals surface area contributed by atoms with Crippen molar-refractivity contribution in [1.82, 2.24) is 0 Å². The fourth-order valence-corrected chi connectivity index (χ4v) is 2.96. The zero-order valence-electron chi connectivity index (χ0n) is 13.5. The normalized spacial score (nSPS) is 28.9. The molecule has 0 bridgehead atoms. The molecular weight excluding hydrogens is 295 g/mol. The van der Waals surface area contributed by atoms with Gasteiger partial charge in [0, 0.05) is 6.61 Å². The van der Waals surface area contributed by atoms with E-state index in [-0.39, 0.29) is 30.4 Å². The van der Waals surface area contributed by atoms with E-state index in [1.54, 1.807) is 12.1 Å². The average Bonchev–Trinajstić information content (AvgIpc) is 3.04. The van der Waals surface area contributed by atoms with Crippen LogP contribution < -0.4 is 0 Å². The van der Waals surface area contributed by atoms with Crippen LogP contribution in [0.1, 0.15) is 50.7 Å². The van der Waals surface area contributed by atoms with Crippen molar-refractivity contribution in [3.63, 3.8) is 0 Å². The third-order valence-corrected chi connectivity index (χ3v) is 4.20. The second-order valence-corrected chi connectivity index (χ2v) is 6.11. The average molecular weight is 318 g/mol. The second-order valence-electron chi connectivity index (χ2n) is 6.11. The van der Waals surface area contributed by atoms with Gasteiger partial charge in [0.1, 0.15) is 18.0 Å². The van der Waals surface area contributed by atoms with E-state index in [9.17, 15) is 4.39 Å². The van der Waals surface area contributed by atoms with Crippen LogP contribution in [-0.4, -0.2) is 25.1 Å². The Bertz CT molecular complexity index is 554. The maximum atomic E-state index is 13.0. The van der Waals surface area contributed by atoms with Crippen LogP contribution in [0.25, 0.3) is 0 Å². The molecule has 2 unspecified atom stereocenters. The molecule has 4 heteroatoms. The molecule has 124 valence electrons. The van der Waals surface area contributed by atoms with Gasteiger partial charge < -0.3 is 14.2 Å². The summed E-state index contributed by atoms with van der Waals surface area (Å²) < 4.78 is 30.2. The Kier molecular flexibility index (Phi) is 5.66. The van der Waals surface area contributed by atoms with Crippen LogP contribution in [0, 0.1) is 17.7 Å². The van der Waals surface area contributed by atoms with Crippen LogP contribution in [-0.2, 0) is 14.2 Å². The number of hydrogen-bond donors (Lipinski definition) is 0. The number of benzene rings is 1. The predicted molar refractivity (Wildman–Crippen MR) is 85.2 cm³/mol. The topological polar surface area (TPSA) is 27.7 Å². The SMILES string of the molecule is CC(C#C[C@H]1CC[C@H](c2ccc(F)cc2)O1)OC1CCCCO1. The zero-order chi connectivity index (χ0) is 16.1. The van der Waals surface area contributed by atoms with Gasteiger partial charge in [-0.3, -0.25) is 0 Å².